The van der Waals surface area contributed by atoms with E-state index in [1.165, 1.54) is 15.0 Å². The quantitative estimate of drug-likeness (QED) is 0.608. The number of rotatable bonds is 3. The van der Waals surface area contributed by atoms with Gasteiger partial charge in [0, 0.05) is 26.1 Å². The van der Waals surface area contributed by atoms with E-state index in [-0.39, 0.29) is 6.61 Å². The van der Waals surface area contributed by atoms with Crippen LogP contribution in [0.25, 0.3) is 10.1 Å². The molecule has 16 heavy (non-hydrogen) atoms. The lowest BCUT2D eigenvalue weighted by atomic mass is 10.2. The number of fused-ring (bicyclic) bond motifs is 1. The van der Waals surface area contributed by atoms with Crippen molar-refractivity contribution in [1.82, 2.24) is 0 Å². The molecule has 0 saturated heterocycles. The molecule has 0 aliphatic carbocycles. The van der Waals surface area contributed by atoms with Gasteiger partial charge in [-0.15, -0.1) is 23.1 Å². The van der Waals surface area contributed by atoms with E-state index in [9.17, 15) is 4.79 Å². The fourth-order valence-corrected chi connectivity index (χ4v) is 2.86. The Kier molecular flexibility index (Phi) is 3.74. The number of benzene rings is 1. The summed E-state index contributed by atoms with van der Waals surface area (Å²) in [6, 6.07) is 8.32. The Bertz CT molecular complexity index is 522. The normalized spacial score (nSPS) is 10.6. The maximum absolute atomic E-state index is 10.5. The maximum Gasteiger partial charge on any atom is 0.404 e. The fourth-order valence-electron chi connectivity index (χ4n) is 1.40. The summed E-state index contributed by atoms with van der Waals surface area (Å²) in [5.41, 5.74) is -0.762. The van der Waals surface area contributed by atoms with Crippen LogP contribution in [0.3, 0.4) is 0 Å². The van der Waals surface area contributed by atoms with Gasteiger partial charge in [-0.05, 0) is 35.9 Å². The van der Waals surface area contributed by atoms with Crippen LogP contribution in [0.15, 0.2) is 29.2 Å². The summed E-state index contributed by atoms with van der Waals surface area (Å²) in [4.78, 5) is 12.7. The van der Waals surface area contributed by atoms with Crippen LogP contribution in [-0.4, -0.2) is 11.7 Å². The molecule has 0 unspecified atom stereocenters. The number of halogens is 1. The molecule has 1 aromatic heterocycles. The molecule has 1 heterocycles. The zero-order valence-corrected chi connectivity index (χ0v) is 10.9. The highest BCUT2D eigenvalue weighted by molar-refractivity contribution is 7.98. The van der Waals surface area contributed by atoms with Crippen molar-refractivity contribution < 1.29 is 9.53 Å². The van der Waals surface area contributed by atoms with Crippen LogP contribution in [0.2, 0.25) is 0 Å². The summed E-state index contributed by atoms with van der Waals surface area (Å²) in [6.07, 6.45) is 2.05. The van der Waals surface area contributed by atoms with Gasteiger partial charge in [0.05, 0.1) is 0 Å². The van der Waals surface area contributed by atoms with Gasteiger partial charge in [-0.25, -0.2) is 4.79 Å². The zero-order chi connectivity index (χ0) is 11.5. The van der Waals surface area contributed by atoms with Crippen LogP contribution in [-0.2, 0) is 11.3 Å². The van der Waals surface area contributed by atoms with E-state index in [4.69, 9.17) is 16.3 Å². The van der Waals surface area contributed by atoms with Crippen molar-refractivity contribution in [3.8, 4) is 0 Å². The Hall–Kier alpha value is -0.710. The monoisotopic (exact) mass is 272 g/mol. The van der Waals surface area contributed by atoms with Crippen molar-refractivity contribution in [3.05, 3.63) is 29.1 Å². The number of hydrogen-bond acceptors (Lipinski definition) is 4. The third-order valence-electron chi connectivity index (χ3n) is 2.10. The Morgan fingerprint density at radius 3 is 3.00 bits per heavy atom. The maximum atomic E-state index is 10.5. The van der Waals surface area contributed by atoms with Gasteiger partial charge in [0.25, 0.3) is 0 Å². The molecule has 2 aromatic rings. The zero-order valence-electron chi connectivity index (χ0n) is 8.53. The second kappa shape index (κ2) is 5.08. The number of thioether (sulfide) groups is 1. The van der Waals surface area contributed by atoms with Gasteiger partial charge in [0.15, 0.2) is 0 Å². The van der Waals surface area contributed by atoms with Crippen molar-refractivity contribution >= 4 is 50.2 Å². The van der Waals surface area contributed by atoms with Crippen LogP contribution >= 0.6 is 34.7 Å². The SMILES string of the molecule is CSc1ccc2sc(COC(=O)Cl)cc2c1. The summed E-state index contributed by atoms with van der Waals surface area (Å²) in [7, 11) is 0. The lowest BCUT2D eigenvalue weighted by molar-refractivity contribution is 0.168. The highest BCUT2D eigenvalue weighted by Crippen LogP contribution is 2.29. The van der Waals surface area contributed by atoms with Crippen molar-refractivity contribution in [2.45, 2.75) is 11.5 Å². The van der Waals surface area contributed by atoms with Crippen molar-refractivity contribution in [1.29, 1.82) is 0 Å². The largest absolute Gasteiger partial charge is 0.448 e. The number of carbonyl (C=O) groups is 1. The Morgan fingerprint density at radius 2 is 2.31 bits per heavy atom. The Balaban J connectivity index is 2.25. The second-order valence-corrected chi connectivity index (χ2v) is 5.50. The van der Waals surface area contributed by atoms with Crippen molar-refractivity contribution in [2.24, 2.45) is 0 Å². The van der Waals surface area contributed by atoms with Gasteiger partial charge in [-0.1, -0.05) is 0 Å². The third-order valence-corrected chi connectivity index (χ3v) is 4.03. The van der Waals surface area contributed by atoms with E-state index in [2.05, 4.69) is 18.2 Å². The first-order valence-corrected chi connectivity index (χ1v) is 6.99. The highest BCUT2D eigenvalue weighted by atomic mass is 35.5. The molecule has 0 spiro atoms. The first-order chi connectivity index (χ1) is 7.69. The van der Waals surface area contributed by atoms with Gasteiger partial charge in [0.1, 0.15) is 6.61 Å². The lowest BCUT2D eigenvalue weighted by Crippen LogP contribution is -1.91. The fraction of sp³-hybridized carbons (Fsp3) is 0.182. The molecule has 0 saturated carbocycles. The van der Waals surface area contributed by atoms with Gasteiger partial charge < -0.3 is 4.74 Å². The highest BCUT2D eigenvalue weighted by Gasteiger charge is 2.04. The molecule has 0 N–H and O–H groups in total. The predicted molar refractivity (Wildman–Crippen MR) is 69.6 cm³/mol. The Morgan fingerprint density at radius 1 is 1.50 bits per heavy atom. The van der Waals surface area contributed by atoms with Gasteiger partial charge in [-0.2, -0.15) is 0 Å². The average Bonchev–Trinajstić information content (AvgIpc) is 2.67. The summed E-state index contributed by atoms with van der Waals surface area (Å²) in [5, 5.41) is 1.18. The molecule has 0 amide bonds. The second-order valence-electron chi connectivity index (χ2n) is 3.14. The minimum atomic E-state index is -0.762. The number of thiophene rings is 1. The Labute approximate surface area is 107 Å². The molecular weight excluding hydrogens is 264 g/mol. The molecule has 2 nitrogen and oxygen atoms in total. The van der Waals surface area contributed by atoms with Gasteiger partial charge in [-0.3, -0.25) is 0 Å². The van der Waals surface area contributed by atoms with E-state index in [0.717, 1.165) is 4.88 Å². The third kappa shape index (κ3) is 2.70. The molecule has 0 fully saturated rings. The van der Waals surface area contributed by atoms with E-state index in [1.54, 1.807) is 23.1 Å². The standard InChI is InChI=1S/C11H9ClO2S2/c1-15-8-2-3-10-7(4-8)5-9(16-10)6-14-11(12)13/h2-5H,6H2,1H3. The summed E-state index contributed by atoms with van der Waals surface area (Å²) >= 11 is 8.44. The number of ether oxygens (including phenoxy) is 1. The van der Waals surface area contributed by atoms with Crippen molar-refractivity contribution in [3.63, 3.8) is 0 Å². The molecule has 0 bridgehead atoms. The summed E-state index contributed by atoms with van der Waals surface area (Å²) < 4.78 is 5.94. The topological polar surface area (TPSA) is 26.3 Å². The van der Waals surface area contributed by atoms with E-state index in [0.29, 0.717) is 0 Å². The minimum Gasteiger partial charge on any atom is -0.448 e. The van der Waals surface area contributed by atoms with Crippen molar-refractivity contribution in [2.75, 3.05) is 6.26 Å². The van der Waals surface area contributed by atoms with Gasteiger partial charge in [0.2, 0.25) is 0 Å². The summed E-state index contributed by atoms with van der Waals surface area (Å²) in [6.45, 7) is 0.246. The predicted octanol–water partition coefficient (Wildman–Crippen LogP) is 4.50. The summed E-state index contributed by atoms with van der Waals surface area (Å²) in [5.74, 6) is 0. The molecule has 84 valence electrons. The number of carbonyl (C=O) groups excluding carboxylic acids is 1. The molecule has 0 radical (unpaired) electrons. The molecule has 0 atom stereocenters. The molecule has 2 rings (SSSR count). The lowest BCUT2D eigenvalue weighted by Gasteiger charge is -1.94. The van der Waals surface area contributed by atoms with Crippen LogP contribution in [0.5, 0.6) is 0 Å². The van der Waals surface area contributed by atoms with E-state index < -0.39 is 5.43 Å². The van der Waals surface area contributed by atoms with E-state index in [1.807, 2.05) is 12.3 Å². The molecule has 1 aromatic carbocycles. The molecule has 5 heteroatoms. The average molecular weight is 273 g/mol. The first-order valence-electron chi connectivity index (χ1n) is 4.58. The van der Waals surface area contributed by atoms with E-state index >= 15 is 0 Å². The minimum absolute atomic E-state index is 0.246. The van der Waals surface area contributed by atoms with Crippen LogP contribution < -0.4 is 0 Å². The molecule has 0 aliphatic heterocycles. The van der Waals surface area contributed by atoms with Crippen LogP contribution in [0.1, 0.15) is 4.88 Å². The first kappa shape index (κ1) is 11.8. The smallest absolute Gasteiger partial charge is 0.404 e. The molecular formula is C11H9ClO2S2. The van der Waals surface area contributed by atoms with Crippen LogP contribution in [0, 0.1) is 0 Å². The van der Waals surface area contributed by atoms with Gasteiger partial charge >= 0.3 is 5.43 Å². The van der Waals surface area contributed by atoms with Crippen LogP contribution in [0.4, 0.5) is 4.79 Å². The number of hydrogen-bond donors (Lipinski definition) is 0. The molecule has 0 aliphatic rings.